The molecule has 2 aliphatic heterocycles. The molecule has 3 aromatic rings. The van der Waals surface area contributed by atoms with E-state index >= 15 is 0 Å². The number of hydrogen-bond acceptors (Lipinski definition) is 7. The summed E-state index contributed by atoms with van der Waals surface area (Å²) in [5.41, 5.74) is 4.12. The fourth-order valence-electron chi connectivity index (χ4n) is 4.46. The van der Waals surface area contributed by atoms with E-state index in [2.05, 4.69) is 37.7 Å². The number of ether oxygens (including phenoxy) is 1. The largest absolute Gasteiger partial charge is 0.478 e. The minimum atomic E-state index is 0.730. The van der Waals surface area contributed by atoms with Crippen molar-refractivity contribution < 1.29 is 4.74 Å². The van der Waals surface area contributed by atoms with Crippen LogP contribution >= 0.6 is 0 Å². The summed E-state index contributed by atoms with van der Waals surface area (Å²) in [5, 5.41) is 0. The van der Waals surface area contributed by atoms with Crippen LogP contribution in [-0.2, 0) is 19.5 Å². The van der Waals surface area contributed by atoms with Crippen molar-refractivity contribution >= 4 is 17.0 Å². The van der Waals surface area contributed by atoms with Gasteiger partial charge < -0.3 is 19.1 Å². The maximum absolute atomic E-state index is 5.93. The second-order valence-corrected chi connectivity index (χ2v) is 8.08. The molecule has 0 N–H and O–H groups in total. The molecule has 1 saturated heterocycles. The van der Waals surface area contributed by atoms with Crippen molar-refractivity contribution in [1.82, 2.24) is 29.4 Å². The van der Waals surface area contributed by atoms with Crippen molar-refractivity contribution in [2.24, 2.45) is 0 Å². The van der Waals surface area contributed by atoms with Crippen LogP contribution < -0.4 is 9.64 Å². The lowest BCUT2D eigenvalue weighted by Crippen LogP contribution is -2.32. The zero-order valence-electron chi connectivity index (χ0n) is 17.6. The summed E-state index contributed by atoms with van der Waals surface area (Å²) >= 11 is 0. The highest BCUT2D eigenvalue weighted by Gasteiger charge is 2.22. The molecule has 0 atom stereocenters. The minimum Gasteiger partial charge on any atom is -0.478 e. The molecule has 3 aromatic heterocycles. The summed E-state index contributed by atoms with van der Waals surface area (Å²) in [4.78, 5) is 23.1. The first-order chi connectivity index (χ1) is 14.8. The Labute approximate surface area is 176 Å². The molecule has 30 heavy (non-hydrogen) atoms. The van der Waals surface area contributed by atoms with Crippen molar-refractivity contribution in [3.8, 4) is 5.88 Å². The van der Waals surface area contributed by atoms with Gasteiger partial charge in [0, 0.05) is 38.7 Å². The normalized spacial score (nSPS) is 16.9. The molecular formula is C22H29N7O. The van der Waals surface area contributed by atoms with Gasteiger partial charge in [0.1, 0.15) is 6.33 Å². The molecule has 0 unspecified atom stereocenters. The molecule has 8 nitrogen and oxygen atoms in total. The third-order valence-corrected chi connectivity index (χ3v) is 6.11. The van der Waals surface area contributed by atoms with Gasteiger partial charge in [-0.2, -0.15) is 0 Å². The summed E-state index contributed by atoms with van der Waals surface area (Å²) in [6, 6.07) is 4.15. The van der Waals surface area contributed by atoms with Crippen molar-refractivity contribution in [3.05, 3.63) is 36.0 Å². The Morgan fingerprint density at radius 1 is 1.07 bits per heavy atom. The monoisotopic (exact) mass is 407 g/mol. The third kappa shape index (κ3) is 3.84. The second kappa shape index (κ2) is 8.55. The molecule has 0 aliphatic carbocycles. The first kappa shape index (κ1) is 19.2. The van der Waals surface area contributed by atoms with Crippen LogP contribution in [0.3, 0.4) is 0 Å². The molecule has 0 spiro atoms. The van der Waals surface area contributed by atoms with Crippen LogP contribution in [0, 0.1) is 0 Å². The number of fused-ring (bicyclic) bond motifs is 2. The molecule has 0 amide bonds. The Kier molecular flexibility index (Phi) is 5.48. The molecule has 158 valence electrons. The smallest absolute Gasteiger partial charge is 0.213 e. The quantitative estimate of drug-likeness (QED) is 0.558. The molecule has 2 aliphatic rings. The SMILES string of the molecule is CCn1cnc2c(N3CCc4nc(OCCCN5CCCC5)ccc4C3)ncnc21. The summed E-state index contributed by atoms with van der Waals surface area (Å²) in [6.07, 6.45) is 8.09. The van der Waals surface area contributed by atoms with E-state index in [1.54, 1.807) is 6.33 Å². The number of anilines is 1. The predicted octanol–water partition coefficient (Wildman–Crippen LogP) is 2.67. The Balaban J connectivity index is 1.23. The molecule has 0 saturated carbocycles. The maximum atomic E-state index is 5.93. The van der Waals surface area contributed by atoms with Crippen LogP contribution in [0.5, 0.6) is 5.88 Å². The number of likely N-dealkylation sites (tertiary alicyclic amines) is 1. The van der Waals surface area contributed by atoms with Gasteiger partial charge in [0.05, 0.1) is 18.6 Å². The number of imidazole rings is 1. The van der Waals surface area contributed by atoms with E-state index in [1.165, 1.54) is 31.5 Å². The van der Waals surface area contributed by atoms with Crippen molar-refractivity contribution in [2.45, 2.75) is 45.7 Å². The standard InChI is InChI=1S/C22H29N7O/c1-2-28-16-25-20-21(28)23-15-24-22(20)29-12-8-18-17(14-29)6-7-19(26-18)30-13-5-11-27-9-3-4-10-27/h6-7,15-16H,2-5,8-14H2,1H3. The van der Waals surface area contributed by atoms with E-state index in [-0.39, 0.29) is 0 Å². The molecule has 0 aromatic carbocycles. The lowest BCUT2D eigenvalue weighted by atomic mass is 10.1. The van der Waals surface area contributed by atoms with Crippen LogP contribution in [0.1, 0.15) is 37.4 Å². The van der Waals surface area contributed by atoms with Gasteiger partial charge in [-0.3, -0.25) is 0 Å². The number of rotatable bonds is 7. The van der Waals surface area contributed by atoms with Crippen molar-refractivity contribution in [1.29, 1.82) is 0 Å². The lowest BCUT2D eigenvalue weighted by Gasteiger charge is -2.29. The fraction of sp³-hybridized carbons (Fsp3) is 0.545. The number of nitrogens with zero attached hydrogens (tertiary/aromatic N) is 7. The molecular weight excluding hydrogens is 378 g/mol. The molecule has 1 fully saturated rings. The van der Waals surface area contributed by atoms with Gasteiger partial charge in [-0.05, 0) is 44.8 Å². The average molecular weight is 408 g/mol. The van der Waals surface area contributed by atoms with Gasteiger partial charge in [-0.25, -0.2) is 19.9 Å². The summed E-state index contributed by atoms with van der Waals surface area (Å²) < 4.78 is 7.98. The van der Waals surface area contributed by atoms with E-state index < -0.39 is 0 Å². The van der Waals surface area contributed by atoms with Crippen LogP contribution in [0.15, 0.2) is 24.8 Å². The van der Waals surface area contributed by atoms with Crippen molar-refractivity contribution in [2.75, 3.05) is 37.7 Å². The van der Waals surface area contributed by atoms with Crippen molar-refractivity contribution in [3.63, 3.8) is 0 Å². The Bertz CT molecular complexity index is 1010. The van der Waals surface area contributed by atoms with Gasteiger partial charge in [-0.1, -0.05) is 6.07 Å². The Hall–Kier alpha value is -2.74. The van der Waals surface area contributed by atoms with E-state index in [0.717, 1.165) is 74.2 Å². The zero-order chi connectivity index (χ0) is 20.3. The molecule has 8 heteroatoms. The molecule has 5 rings (SSSR count). The highest BCUT2D eigenvalue weighted by Crippen LogP contribution is 2.27. The van der Waals surface area contributed by atoms with Crippen LogP contribution in [-0.4, -0.2) is 62.2 Å². The number of pyridine rings is 1. The average Bonchev–Trinajstić information content (AvgIpc) is 3.45. The van der Waals surface area contributed by atoms with E-state index in [9.17, 15) is 0 Å². The first-order valence-electron chi connectivity index (χ1n) is 11.1. The van der Waals surface area contributed by atoms with E-state index in [0.29, 0.717) is 0 Å². The van der Waals surface area contributed by atoms with E-state index in [4.69, 9.17) is 9.72 Å². The van der Waals surface area contributed by atoms with Gasteiger partial charge in [0.25, 0.3) is 0 Å². The fourth-order valence-corrected chi connectivity index (χ4v) is 4.46. The Morgan fingerprint density at radius 2 is 1.97 bits per heavy atom. The summed E-state index contributed by atoms with van der Waals surface area (Å²) in [5.74, 6) is 1.65. The Morgan fingerprint density at radius 3 is 2.83 bits per heavy atom. The number of aryl methyl sites for hydroxylation is 1. The maximum Gasteiger partial charge on any atom is 0.213 e. The third-order valence-electron chi connectivity index (χ3n) is 6.11. The topological polar surface area (TPSA) is 72.2 Å². The minimum absolute atomic E-state index is 0.730. The van der Waals surface area contributed by atoms with Crippen LogP contribution in [0.25, 0.3) is 11.2 Å². The lowest BCUT2D eigenvalue weighted by molar-refractivity contribution is 0.256. The predicted molar refractivity (Wildman–Crippen MR) is 116 cm³/mol. The molecule has 5 heterocycles. The van der Waals surface area contributed by atoms with Gasteiger partial charge in [0.15, 0.2) is 17.0 Å². The van der Waals surface area contributed by atoms with Crippen LogP contribution in [0.2, 0.25) is 0 Å². The summed E-state index contributed by atoms with van der Waals surface area (Å²) in [6.45, 7) is 8.93. The van der Waals surface area contributed by atoms with Gasteiger partial charge in [-0.15, -0.1) is 0 Å². The van der Waals surface area contributed by atoms with Gasteiger partial charge in [0.2, 0.25) is 5.88 Å². The van der Waals surface area contributed by atoms with Gasteiger partial charge >= 0.3 is 0 Å². The number of aromatic nitrogens is 5. The molecule has 0 bridgehead atoms. The highest BCUT2D eigenvalue weighted by atomic mass is 16.5. The first-order valence-corrected chi connectivity index (χ1v) is 11.1. The van der Waals surface area contributed by atoms with E-state index in [1.807, 2.05) is 17.0 Å². The number of hydrogen-bond donors (Lipinski definition) is 0. The highest BCUT2D eigenvalue weighted by molar-refractivity contribution is 5.83. The molecule has 0 radical (unpaired) electrons. The zero-order valence-corrected chi connectivity index (χ0v) is 17.6. The van der Waals surface area contributed by atoms with Crippen LogP contribution in [0.4, 0.5) is 5.82 Å². The second-order valence-electron chi connectivity index (χ2n) is 8.08. The summed E-state index contributed by atoms with van der Waals surface area (Å²) in [7, 11) is 0.